The van der Waals surface area contributed by atoms with Gasteiger partial charge in [0.15, 0.2) is 0 Å². The Bertz CT molecular complexity index is 1690. The second-order valence-corrected chi connectivity index (χ2v) is 14.2. The minimum atomic E-state index is -0.351. The van der Waals surface area contributed by atoms with Crippen LogP contribution in [-0.4, -0.2) is 38.4 Å². The Morgan fingerprint density at radius 1 is 0.431 bits per heavy atom. The number of rotatable bonds is 29. The number of hydrogen-bond acceptors (Lipinski definition) is 8. The Morgan fingerprint density at radius 3 is 1.17 bits per heavy atom. The molecule has 8 nitrogen and oxygen atoms in total. The highest BCUT2D eigenvalue weighted by Crippen LogP contribution is 2.23. The van der Waals surface area contributed by atoms with E-state index in [-0.39, 0.29) is 11.9 Å². The van der Waals surface area contributed by atoms with Gasteiger partial charge in [-0.05, 0) is 109 Å². The first-order valence-corrected chi connectivity index (χ1v) is 20.8. The fraction of sp³-hybridized carbons (Fsp3) is 0.360. The van der Waals surface area contributed by atoms with E-state index >= 15 is 0 Å². The van der Waals surface area contributed by atoms with Gasteiger partial charge in [0.2, 0.25) is 0 Å². The van der Waals surface area contributed by atoms with Crippen LogP contribution in [0.5, 0.6) is 11.5 Å². The molecule has 0 aliphatic heterocycles. The molecule has 0 bridgehead atoms. The highest BCUT2D eigenvalue weighted by atomic mass is 16.5. The van der Waals surface area contributed by atoms with Crippen molar-refractivity contribution in [3.63, 3.8) is 0 Å². The van der Waals surface area contributed by atoms with Crippen molar-refractivity contribution in [1.82, 2.24) is 0 Å². The minimum absolute atomic E-state index is 0.346. The third kappa shape index (κ3) is 19.4. The lowest BCUT2D eigenvalue weighted by Gasteiger charge is -2.07. The zero-order chi connectivity index (χ0) is 40.9. The van der Waals surface area contributed by atoms with E-state index in [1.807, 2.05) is 48.5 Å². The molecule has 0 radical (unpaired) electrons. The molecular weight excluding hydrogens is 725 g/mol. The monoisotopic (exact) mass is 784 g/mol. The number of azo groups is 1. The predicted molar refractivity (Wildman–Crippen MR) is 235 cm³/mol. The quantitative estimate of drug-likeness (QED) is 0.0179. The summed E-state index contributed by atoms with van der Waals surface area (Å²) in [5.41, 5.74) is 6.47. The molecule has 0 saturated heterocycles. The lowest BCUT2D eigenvalue weighted by Crippen LogP contribution is -2.01. The second kappa shape index (κ2) is 27.8. The summed E-state index contributed by atoms with van der Waals surface area (Å²) < 4.78 is 21.8. The zero-order valence-electron chi connectivity index (χ0n) is 34.0. The molecule has 4 aromatic rings. The SMILES string of the molecule is C=CC(=O)OCCCCCCCCOc1ccc(C=Cc2ccc(CCc3ccc(N=Nc4ccc(OCCCCCCCCOC(=O)C=C)cc4)cc3)cc2)cc1. The average Bonchev–Trinajstić information content (AvgIpc) is 3.26. The summed E-state index contributed by atoms with van der Waals surface area (Å²) in [6.45, 7) is 9.14. The highest BCUT2D eigenvalue weighted by Gasteiger charge is 2.02. The lowest BCUT2D eigenvalue weighted by molar-refractivity contribution is -0.138. The first-order chi connectivity index (χ1) is 28.5. The smallest absolute Gasteiger partial charge is 0.330 e. The van der Waals surface area contributed by atoms with Gasteiger partial charge in [0.25, 0.3) is 0 Å². The fourth-order valence-electron chi connectivity index (χ4n) is 6.07. The van der Waals surface area contributed by atoms with E-state index < -0.39 is 0 Å². The maximum absolute atomic E-state index is 11.0. The van der Waals surface area contributed by atoms with Gasteiger partial charge in [-0.3, -0.25) is 0 Å². The van der Waals surface area contributed by atoms with Gasteiger partial charge in [0.05, 0.1) is 37.8 Å². The van der Waals surface area contributed by atoms with Crippen LogP contribution < -0.4 is 9.47 Å². The highest BCUT2D eigenvalue weighted by molar-refractivity contribution is 5.81. The van der Waals surface area contributed by atoms with Crippen molar-refractivity contribution < 1.29 is 28.5 Å². The Kier molecular flexibility index (Phi) is 21.5. The van der Waals surface area contributed by atoms with Gasteiger partial charge in [0, 0.05) is 12.2 Å². The van der Waals surface area contributed by atoms with E-state index in [0.717, 1.165) is 118 Å². The van der Waals surface area contributed by atoms with Gasteiger partial charge in [-0.25, -0.2) is 9.59 Å². The van der Waals surface area contributed by atoms with Crippen molar-refractivity contribution in [2.24, 2.45) is 10.2 Å². The maximum atomic E-state index is 11.0. The van der Waals surface area contributed by atoms with E-state index in [9.17, 15) is 9.59 Å². The molecule has 0 N–H and O–H groups in total. The van der Waals surface area contributed by atoms with E-state index in [1.165, 1.54) is 28.8 Å². The number of unbranched alkanes of at least 4 members (excludes halogenated alkanes) is 10. The summed E-state index contributed by atoms with van der Waals surface area (Å²) in [4.78, 5) is 22.1. The Labute approximate surface area is 345 Å². The van der Waals surface area contributed by atoms with Gasteiger partial charge < -0.3 is 18.9 Å². The molecular formula is C50H60N2O6. The van der Waals surface area contributed by atoms with Crippen molar-refractivity contribution >= 4 is 35.5 Å². The summed E-state index contributed by atoms with van der Waals surface area (Å²) >= 11 is 0. The lowest BCUT2D eigenvalue weighted by atomic mass is 10.0. The maximum Gasteiger partial charge on any atom is 0.330 e. The largest absolute Gasteiger partial charge is 0.494 e. The van der Waals surface area contributed by atoms with Crippen molar-refractivity contribution in [2.45, 2.75) is 89.9 Å². The summed E-state index contributed by atoms with van der Waals surface area (Å²) in [5.74, 6) is 1.03. The van der Waals surface area contributed by atoms with Gasteiger partial charge in [0.1, 0.15) is 11.5 Å². The zero-order valence-corrected chi connectivity index (χ0v) is 34.0. The van der Waals surface area contributed by atoms with Crippen LogP contribution in [-0.2, 0) is 31.9 Å². The Hall–Kier alpha value is -5.76. The Morgan fingerprint density at radius 2 is 0.759 bits per heavy atom. The van der Waals surface area contributed by atoms with E-state index in [2.05, 4.69) is 84.1 Å². The van der Waals surface area contributed by atoms with Gasteiger partial charge in [-0.1, -0.05) is 125 Å². The van der Waals surface area contributed by atoms with Crippen LogP contribution in [0.25, 0.3) is 12.2 Å². The van der Waals surface area contributed by atoms with Crippen molar-refractivity contribution in [3.05, 3.63) is 145 Å². The van der Waals surface area contributed by atoms with Crippen molar-refractivity contribution in [2.75, 3.05) is 26.4 Å². The molecule has 8 heteroatoms. The predicted octanol–water partition coefficient (Wildman–Crippen LogP) is 13.0. The number of carbonyl (C=O) groups is 2. The number of carbonyl (C=O) groups excluding carboxylic acids is 2. The molecule has 0 fully saturated rings. The molecule has 0 aromatic heterocycles. The molecule has 0 atom stereocenters. The molecule has 306 valence electrons. The number of hydrogen-bond donors (Lipinski definition) is 0. The minimum Gasteiger partial charge on any atom is -0.494 e. The van der Waals surface area contributed by atoms with Crippen LogP contribution >= 0.6 is 0 Å². The van der Waals surface area contributed by atoms with Crippen molar-refractivity contribution in [1.29, 1.82) is 0 Å². The molecule has 4 aromatic carbocycles. The number of benzene rings is 4. The first-order valence-electron chi connectivity index (χ1n) is 20.8. The van der Waals surface area contributed by atoms with E-state index in [1.54, 1.807) is 0 Å². The van der Waals surface area contributed by atoms with Crippen LogP contribution in [0.2, 0.25) is 0 Å². The third-order valence-corrected chi connectivity index (χ3v) is 9.52. The molecule has 4 rings (SSSR count). The molecule has 0 saturated carbocycles. The number of nitrogens with zero attached hydrogens (tertiary/aromatic N) is 2. The summed E-state index contributed by atoms with van der Waals surface area (Å²) in [5, 5.41) is 8.82. The van der Waals surface area contributed by atoms with Gasteiger partial charge in [-0.15, -0.1) is 0 Å². The molecule has 0 spiro atoms. The van der Waals surface area contributed by atoms with Crippen LogP contribution in [0.3, 0.4) is 0 Å². The number of ether oxygens (including phenoxy) is 4. The van der Waals surface area contributed by atoms with Crippen molar-refractivity contribution in [3.8, 4) is 11.5 Å². The van der Waals surface area contributed by atoms with Crippen LogP contribution in [0.15, 0.2) is 133 Å². The number of esters is 2. The summed E-state index contributed by atoms with van der Waals surface area (Å²) in [6, 6.07) is 33.0. The first kappa shape index (κ1) is 44.9. The average molecular weight is 785 g/mol. The number of aryl methyl sites for hydroxylation is 2. The molecule has 0 heterocycles. The molecule has 58 heavy (non-hydrogen) atoms. The van der Waals surface area contributed by atoms with Crippen LogP contribution in [0.4, 0.5) is 11.4 Å². The topological polar surface area (TPSA) is 95.8 Å². The van der Waals surface area contributed by atoms with E-state index in [4.69, 9.17) is 18.9 Å². The Balaban J connectivity index is 1.05. The molecule has 0 unspecified atom stereocenters. The summed E-state index contributed by atoms with van der Waals surface area (Å²) in [7, 11) is 0. The van der Waals surface area contributed by atoms with E-state index in [0.29, 0.717) is 26.4 Å². The fourth-order valence-corrected chi connectivity index (χ4v) is 6.07. The van der Waals surface area contributed by atoms with Gasteiger partial charge >= 0.3 is 11.9 Å². The normalized spacial score (nSPS) is 11.1. The second-order valence-electron chi connectivity index (χ2n) is 14.2. The standard InChI is InChI=1S/C50H60N2O6/c1-3-49(53)57-39-15-11-7-5-9-13-37-55-47-33-27-44(28-34-47)24-22-42-19-17-41(18-20-42)21-23-43-25-29-45(30-26-43)51-52-46-31-35-48(36-32-46)56-38-14-10-6-8-12-16-40-58-50(54)4-2/h3-4,17-20,22,24-36H,1-2,5-16,21,23,37-40H2. The van der Waals surface area contributed by atoms with Crippen LogP contribution in [0, 0.1) is 0 Å². The molecule has 0 aliphatic carbocycles. The van der Waals surface area contributed by atoms with Crippen LogP contribution in [0.1, 0.15) is 99.3 Å². The summed E-state index contributed by atoms with van der Waals surface area (Å²) in [6.07, 6.45) is 21.4. The molecule has 0 aliphatic rings. The third-order valence-electron chi connectivity index (χ3n) is 9.52. The van der Waals surface area contributed by atoms with Gasteiger partial charge in [-0.2, -0.15) is 10.2 Å². The molecule has 0 amide bonds.